The molecular formula is C19H15ClN4O3. The maximum Gasteiger partial charge on any atom is 0.337 e. The van der Waals surface area contributed by atoms with Crippen LogP contribution in [-0.4, -0.2) is 29.0 Å². The van der Waals surface area contributed by atoms with Crippen LogP contribution in [0, 0.1) is 0 Å². The molecule has 0 saturated carbocycles. The number of halogens is 1. The molecule has 0 aliphatic heterocycles. The summed E-state index contributed by atoms with van der Waals surface area (Å²) in [4.78, 5) is 32.3. The molecule has 0 radical (unpaired) electrons. The third-order valence-corrected chi connectivity index (χ3v) is 3.88. The average molecular weight is 383 g/mol. The molecule has 0 aliphatic rings. The van der Waals surface area contributed by atoms with Crippen LogP contribution in [0.2, 0.25) is 5.02 Å². The topological polar surface area (TPSA) is 93.2 Å². The quantitative estimate of drug-likeness (QED) is 0.650. The van der Waals surface area contributed by atoms with E-state index in [9.17, 15) is 9.59 Å². The zero-order valence-corrected chi connectivity index (χ0v) is 15.0. The lowest BCUT2D eigenvalue weighted by molar-refractivity contribution is 0.0600. The van der Waals surface area contributed by atoms with Gasteiger partial charge in [-0.25, -0.2) is 14.8 Å². The van der Waals surface area contributed by atoms with Crippen LogP contribution >= 0.6 is 11.6 Å². The van der Waals surface area contributed by atoms with Crippen molar-refractivity contribution in [1.82, 2.24) is 9.97 Å². The highest BCUT2D eigenvalue weighted by Crippen LogP contribution is 2.23. The van der Waals surface area contributed by atoms with Crippen molar-refractivity contribution in [3.63, 3.8) is 0 Å². The minimum absolute atomic E-state index is 0.156. The lowest BCUT2D eigenvalue weighted by Crippen LogP contribution is -2.15. The molecule has 0 bridgehead atoms. The van der Waals surface area contributed by atoms with E-state index in [1.54, 1.807) is 36.4 Å². The van der Waals surface area contributed by atoms with Crippen LogP contribution < -0.4 is 10.6 Å². The molecule has 0 saturated heterocycles. The van der Waals surface area contributed by atoms with Gasteiger partial charge < -0.3 is 15.4 Å². The van der Waals surface area contributed by atoms with Gasteiger partial charge in [-0.2, -0.15) is 0 Å². The number of anilines is 3. The van der Waals surface area contributed by atoms with Gasteiger partial charge in [0.2, 0.25) is 5.95 Å². The number of hydrogen-bond donors (Lipinski definition) is 2. The van der Waals surface area contributed by atoms with Crippen molar-refractivity contribution in [2.75, 3.05) is 17.7 Å². The van der Waals surface area contributed by atoms with Gasteiger partial charge in [-0.05, 0) is 36.4 Å². The standard InChI is InChI=1S/C19H15ClN4O3/c1-27-18(26)12-5-4-6-13(11-12)22-17(25)16-9-10-21-19(24-16)23-15-8-3-2-7-14(15)20/h2-11H,1H3,(H,22,25)(H,21,23,24). The normalized spacial score (nSPS) is 10.1. The van der Waals surface area contributed by atoms with Gasteiger partial charge in [0.25, 0.3) is 5.91 Å². The fourth-order valence-electron chi connectivity index (χ4n) is 2.27. The Morgan fingerprint density at radius 2 is 1.89 bits per heavy atom. The summed E-state index contributed by atoms with van der Waals surface area (Å²) in [5, 5.41) is 6.17. The summed E-state index contributed by atoms with van der Waals surface area (Å²) in [6.45, 7) is 0. The van der Waals surface area contributed by atoms with E-state index in [2.05, 4.69) is 25.3 Å². The van der Waals surface area contributed by atoms with E-state index < -0.39 is 11.9 Å². The lowest BCUT2D eigenvalue weighted by atomic mass is 10.2. The van der Waals surface area contributed by atoms with Crippen LogP contribution in [0.5, 0.6) is 0 Å². The van der Waals surface area contributed by atoms with Crippen LogP contribution in [0.3, 0.4) is 0 Å². The van der Waals surface area contributed by atoms with Crippen LogP contribution in [0.4, 0.5) is 17.3 Å². The molecule has 0 aliphatic carbocycles. The van der Waals surface area contributed by atoms with Crippen molar-refractivity contribution >= 4 is 40.8 Å². The minimum atomic E-state index is -0.487. The first-order valence-electron chi connectivity index (χ1n) is 7.91. The first-order valence-corrected chi connectivity index (χ1v) is 8.29. The van der Waals surface area contributed by atoms with Crippen molar-refractivity contribution in [2.24, 2.45) is 0 Å². The molecule has 0 unspecified atom stereocenters. The van der Waals surface area contributed by atoms with Gasteiger partial charge in [-0.15, -0.1) is 0 Å². The first-order chi connectivity index (χ1) is 13.1. The highest BCUT2D eigenvalue weighted by Gasteiger charge is 2.12. The lowest BCUT2D eigenvalue weighted by Gasteiger charge is -2.09. The third kappa shape index (κ3) is 4.59. The number of nitrogens with zero attached hydrogens (tertiary/aromatic N) is 2. The summed E-state index contributed by atoms with van der Waals surface area (Å²) in [5.41, 5.74) is 1.56. The van der Waals surface area contributed by atoms with Crippen LogP contribution in [0.1, 0.15) is 20.8 Å². The molecule has 3 rings (SSSR count). The number of carbonyl (C=O) groups excluding carboxylic acids is 2. The number of rotatable bonds is 5. The SMILES string of the molecule is COC(=O)c1cccc(NC(=O)c2ccnc(Nc3ccccc3Cl)n2)c1. The van der Waals surface area contributed by atoms with Gasteiger partial charge in [0, 0.05) is 11.9 Å². The molecular weight excluding hydrogens is 368 g/mol. The van der Waals surface area contributed by atoms with Gasteiger partial charge >= 0.3 is 5.97 Å². The van der Waals surface area contributed by atoms with E-state index in [1.165, 1.54) is 25.4 Å². The second-order valence-electron chi connectivity index (χ2n) is 5.40. The van der Waals surface area contributed by atoms with Gasteiger partial charge in [-0.1, -0.05) is 29.8 Å². The molecule has 1 aromatic heterocycles. The maximum atomic E-state index is 12.5. The largest absolute Gasteiger partial charge is 0.465 e. The number of para-hydroxylation sites is 1. The summed E-state index contributed by atoms with van der Waals surface area (Å²) in [5.74, 6) is -0.694. The molecule has 136 valence electrons. The molecule has 7 nitrogen and oxygen atoms in total. The predicted molar refractivity (Wildman–Crippen MR) is 103 cm³/mol. The smallest absolute Gasteiger partial charge is 0.337 e. The number of esters is 1. The Balaban J connectivity index is 1.76. The number of amides is 1. The third-order valence-electron chi connectivity index (χ3n) is 3.55. The molecule has 1 heterocycles. The van der Waals surface area contributed by atoms with Crippen molar-refractivity contribution in [3.05, 3.63) is 77.1 Å². The highest BCUT2D eigenvalue weighted by molar-refractivity contribution is 6.33. The average Bonchev–Trinajstić information content (AvgIpc) is 2.69. The van der Waals surface area contributed by atoms with E-state index in [4.69, 9.17) is 11.6 Å². The number of ether oxygens (including phenoxy) is 1. The van der Waals surface area contributed by atoms with Gasteiger partial charge in [0.1, 0.15) is 5.69 Å². The van der Waals surface area contributed by atoms with E-state index in [0.717, 1.165) is 0 Å². The second kappa shape index (κ2) is 8.29. The van der Waals surface area contributed by atoms with Crippen molar-refractivity contribution in [2.45, 2.75) is 0 Å². The molecule has 0 fully saturated rings. The first kappa shape index (κ1) is 18.3. The molecule has 0 spiro atoms. The van der Waals surface area contributed by atoms with E-state index in [0.29, 0.717) is 22.0 Å². The van der Waals surface area contributed by atoms with Crippen molar-refractivity contribution in [3.8, 4) is 0 Å². The maximum absolute atomic E-state index is 12.5. The highest BCUT2D eigenvalue weighted by atomic mass is 35.5. The predicted octanol–water partition coefficient (Wildman–Crippen LogP) is 3.91. The van der Waals surface area contributed by atoms with E-state index >= 15 is 0 Å². The van der Waals surface area contributed by atoms with Crippen molar-refractivity contribution < 1.29 is 14.3 Å². The fraction of sp³-hybridized carbons (Fsp3) is 0.0526. The van der Waals surface area contributed by atoms with Gasteiger partial charge in [0.05, 0.1) is 23.4 Å². The Morgan fingerprint density at radius 3 is 2.67 bits per heavy atom. The molecule has 2 aromatic carbocycles. The summed E-state index contributed by atoms with van der Waals surface area (Å²) in [6, 6.07) is 15.0. The Hall–Kier alpha value is -3.45. The Bertz CT molecular complexity index is 994. The number of hydrogen-bond acceptors (Lipinski definition) is 6. The van der Waals surface area contributed by atoms with Crippen molar-refractivity contribution in [1.29, 1.82) is 0 Å². The van der Waals surface area contributed by atoms with Crippen LogP contribution in [0.25, 0.3) is 0 Å². The van der Waals surface area contributed by atoms with Crippen LogP contribution in [-0.2, 0) is 4.74 Å². The Labute approximate surface area is 160 Å². The Kier molecular flexibility index (Phi) is 5.63. The summed E-state index contributed by atoms with van der Waals surface area (Å²) in [7, 11) is 1.29. The van der Waals surface area contributed by atoms with E-state index in [-0.39, 0.29) is 11.6 Å². The number of aromatic nitrogens is 2. The number of benzene rings is 2. The Morgan fingerprint density at radius 1 is 1.07 bits per heavy atom. The monoisotopic (exact) mass is 382 g/mol. The molecule has 3 aromatic rings. The second-order valence-corrected chi connectivity index (χ2v) is 5.80. The molecule has 1 amide bonds. The van der Waals surface area contributed by atoms with Gasteiger partial charge in [-0.3, -0.25) is 4.79 Å². The van der Waals surface area contributed by atoms with Gasteiger partial charge in [0.15, 0.2) is 0 Å². The molecule has 2 N–H and O–H groups in total. The molecule has 27 heavy (non-hydrogen) atoms. The summed E-state index contributed by atoms with van der Waals surface area (Å²) >= 11 is 6.10. The number of carbonyl (C=O) groups is 2. The summed E-state index contributed by atoms with van der Waals surface area (Å²) < 4.78 is 4.67. The zero-order chi connectivity index (χ0) is 19.2. The minimum Gasteiger partial charge on any atom is -0.465 e. The number of nitrogens with one attached hydrogen (secondary N) is 2. The summed E-state index contributed by atoms with van der Waals surface area (Å²) in [6.07, 6.45) is 1.46. The van der Waals surface area contributed by atoms with Crippen LogP contribution in [0.15, 0.2) is 60.8 Å². The molecule has 0 atom stereocenters. The molecule has 8 heteroatoms. The fourth-order valence-corrected chi connectivity index (χ4v) is 2.45. The number of methoxy groups -OCH3 is 1. The van der Waals surface area contributed by atoms with E-state index in [1.807, 2.05) is 6.07 Å². The zero-order valence-electron chi connectivity index (χ0n) is 14.3.